The van der Waals surface area contributed by atoms with Crippen molar-refractivity contribution in [3.05, 3.63) is 65.2 Å². The number of carbonyl (C=O) groups excluding carboxylic acids is 2. The first-order valence-electron chi connectivity index (χ1n) is 9.26. The second-order valence-electron chi connectivity index (χ2n) is 7.09. The van der Waals surface area contributed by atoms with Crippen LogP contribution in [0.1, 0.15) is 41.8 Å². The fourth-order valence-electron chi connectivity index (χ4n) is 2.81. The average molecular weight is 382 g/mol. The second-order valence-corrected chi connectivity index (χ2v) is 7.09. The van der Waals surface area contributed by atoms with Gasteiger partial charge in [-0.05, 0) is 48.6 Å². The van der Waals surface area contributed by atoms with Crippen LogP contribution in [0.3, 0.4) is 0 Å². The highest BCUT2D eigenvalue weighted by Crippen LogP contribution is 2.14. The van der Waals surface area contributed by atoms with Crippen molar-refractivity contribution >= 4 is 23.5 Å². The van der Waals surface area contributed by atoms with Gasteiger partial charge >= 0.3 is 5.97 Å². The number of aliphatic carboxylic acids is 1. The lowest BCUT2D eigenvalue weighted by Gasteiger charge is -2.22. The molecule has 0 bridgehead atoms. The Morgan fingerprint density at radius 2 is 1.64 bits per heavy atom. The molecule has 3 N–H and O–H groups in total. The quantitative estimate of drug-likeness (QED) is 0.652. The lowest BCUT2D eigenvalue weighted by molar-refractivity contribution is -0.137. The number of aryl methyl sites for hydroxylation is 2. The zero-order valence-electron chi connectivity index (χ0n) is 16.4. The topological polar surface area (TPSA) is 95.5 Å². The van der Waals surface area contributed by atoms with Gasteiger partial charge in [0.05, 0.1) is 0 Å². The number of amides is 2. The number of benzene rings is 2. The first kappa shape index (κ1) is 21.2. The van der Waals surface area contributed by atoms with Gasteiger partial charge in [0.25, 0.3) is 5.91 Å². The van der Waals surface area contributed by atoms with E-state index in [2.05, 4.69) is 10.6 Å². The van der Waals surface area contributed by atoms with Crippen molar-refractivity contribution < 1.29 is 19.5 Å². The van der Waals surface area contributed by atoms with Crippen LogP contribution in [-0.2, 0) is 16.0 Å². The Balaban J connectivity index is 2.03. The number of hydrogen-bond donors (Lipinski definition) is 3. The van der Waals surface area contributed by atoms with Crippen molar-refractivity contribution in [2.24, 2.45) is 5.92 Å². The highest BCUT2D eigenvalue weighted by atomic mass is 16.4. The Morgan fingerprint density at radius 3 is 2.21 bits per heavy atom. The molecule has 2 amide bonds. The number of carbonyl (C=O) groups is 3. The first-order chi connectivity index (χ1) is 13.3. The molecule has 1 atom stereocenters. The van der Waals surface area contributed by atoms with Crippen LogP contribution in [0.5, 0.6) is 0 Å². The number of hydrogen-bond acceptors (Lipinski definition) is 3. The van der Waals surface area contributed by atoms with E-state index in [1.165, 1.54) is 0 Å². The standard InChI is InChI=1S/C22H26N2O4/c1-14(2)20(24-21(27)18-7-5-4-6-15(18)3)22(28)23-17-11-8-16(9-12-17)10-13-19(25)26/h4-9,11-12,14,20H,10,13H2,1-3H3,(H,23,28)(H,24,27)(H,25,26). The van der Waals surface area contributed by atoms with Crippen LogP contribution >= 0.6 is 0 Å². The maximum absolute atomic E-state index is 12.7. The molecule has 2 rings (SSSR count). The van der Waals surface area contributed by atoms with Gasteiger partial charge in [0, 0.05) is 17.7 Å². The third kappa shape index (κ3) is 5.94. The average Bonchev–Trinajstić information content (AvgIpc) is 2.65. The summed E-state index contributed by atoms with van der Waals surface area (Å²) < 4.78 is 0. The molecule has 0 saturated carbocycles. The third-order valence-corrected chi connectivity index (χ3v) is 4.47. The summed E-state index contributed by atoms with van der Waals surface area (Å²) in [5, 5.41) is 14.4. The summed E-state index contributed by atoms with van der Waals surface area (Å²) in [6.07, 6.45) is 0.497. The summed E-state index contributed by atoms with van der Waals surface area (Å²) in [4.78, 5) is 35.9. The molecular formula is C22H26N2O4. The molecule has 28 heavy (non-hydrogen) atoms. The monoisotopic (exact) mass is 382 g/mol. The molecule has 148 valence electrons. The summed E-state index contributed by atoms with van der Waals surface area (Å²) in [5.41, 5.74) is 2.87. The van der Waals surface area contributed by atoms with E-state index >= 15 is 0 Å². The summed E-state index contributed by atoms with van der Waals surface area (Å²) in [6, 6.07) is 13.6. The Morgan fingerprint density at radius 1 is 1.00 bits per heavy atom. The largest absolute Gasteiger partial charge is 0.481 e. The van der Waals surface area contributed by atoms with E-state index in [-0.39, 0.29) is 24.2 Å². The Bertz CT molecular complexity index is 844. The van der Waals surface area contributed by atoms with Crippen LogP contribution in [0.4, 0.5) is 5.69 Å². The van der Waals surface area contributed by atoms with E-state index in [0.717, 1.165) is 11.1 Å². The lowest BCUT2D eigenvalue weighted by atomic mass is 10.0. The SMILES string of the molecule is Cc1ccccc1C(=O)NC(C(=O)Nc1ccc(CCC(=O)O)cc1)C(C)C. The number of carboxylic acids is 1. The first-order valence-corrected chi connectivity index (χ1v) is 9.26. The Hall–Kier alpha value is -3.15. The zero-order chi connectivity index (χ0) is 20.7. The smallest absolute Gasteiger partial charge is 0.303 e. The molecule has 6 nitrogen and oxygen atoms in total. The molecule has 0 spiro atoms. The molecule has 0 heterocycles. The van der Waals surface area contributed by atoms with Crippen LogP contribution in [0, 0.1) is 12.8 Å². The fraction of sp³-hybridized carbons (Fsp3) is 0.318. The Kier molecular flexibility index (Phi) is 7.32. The molecule has 0 aromatic heterocycles. The highest BCUT2D eigenvalue weighted by Gasteiger charge is 2.25. The number of carboxylic acid groups (broad SMARTS) is 1. The maximum atomic E-state index is 12.7. The third-order valence-electron chi connectivity index (χ3n) is 4.47. The molecule has 0 radical (unpaired) electrons. The van der Waals surface area contributed by atoms with Crippen molar-refractivity contribution in [1.82, 2.24) is 5.32 Å². The van der Waals surface area contributed by atoms with E-state index in [1.54, 1.807) is 36.4 Å². The molecule has 1 unspecified atom stereocenters. The zero-order valence-corrected chi connectivity index (χ0v) is 16.4. The maximum Gasteiger partial charge on any atom is 0.303 e. The van der Waals surface area contributed by atoms with Gasteiger partial charge < -0.3 is 15.7 Å². The number of rotatable bonds is 8. The van der Waals surface area contributed by atoms with Gasteiger partial charge in [0.1, 0.15) is 6.04 Å². The van der Waals surface area contributed by atoms with Crippen LogP contribution in [0.15, 0.2) is 48.5 Å². The number of nitrogens with one attached hydrogen (secondary N) is 2. The van der Waals surface area contributed by atoms with Gasteiger partial charge in [0.2, 0.25) is 5.91 Å². The molecule has 0 aliphatic rings. The molecule has 0 saturated heterocycles. The Labute approximate surface area is 165 Å². The van der Waals surface area contributed by atoms with Gasteiger partial charge in [-0.15, -0.1) is 0 Å². The van der Waals surface area contributed by atoms with Gasteiger partial charge in [0.15, 0.2) is 0 Å². The minimum atomic E-state index is -0.846. The van der Waals surface area contributed by atoms with Crippen molar-refractivity contribution in [2.75, 3.05) is 5.32 Å². The molecule has 6 heteroatoms. The summed E-state index contributed by atoms with van der Waals surface area (Å²) >= 11 is 0. The predicted octanol–water partition coefficient (Wildman–Crippen LogP) is 3.41. The highest BCUT2D eigenvalue weighted by molar-refractivity contribution is 6.01. The minimum absolute atomic E-state index is 0.0616. The van der Waals surface area contributed by atoms with Crippen LogP contribution in [-0.4, -0.2) is 28.9 Å². The van der Waals surface area contributed by atoms with Gasteiger partial charge in [-0.25, -0.2) is 0 Å². The number of anilines is 1. The van der Waals surface area contributed by atoms with Crippen molar-refractivity contribution in [3.8, 4) is 0 Å². The van der Waals surface area contributed by atoms with Crippen LogP contribution in [0.25, 0.3) is 0 Å². The molecule has 2 aromatic rings. The van der Waals surface area contributed by atoms with E-state index in [4.69, 9.17) is 5.11 Å². The summed E-state index contributed by atoms with van der Waals surface area (Å²) in [7, 11) is 0. The van der Waals surface area contributed by atoms with E-state index in [1.807, 2.05) is 32.9 Å². The molecule has 2 aromatic carbocycles. The molecule has 0 aliphatic carbocycles. The van der Waals surface area contributed by atoms with Crippen LogP contribution in [0.2, 0.25) is 0 Å². The van der Waals surface area contributed by atoms with Gasteiger partial charge in [-0.3, -0.25) is 14.4 Å². The van der Waals surface area contributed by atoms with E-state index in [0.29, 0.717) is 17.7 Å². The fourth-order valence-corrected chi connectivity index (χ4v) is 2.81. The van der Waals surface area contributed by atoms with E-state index in [9.17, 15) is 14.4 Å². The minimum Gasteiger partial charge on any atom is -0.481 e. The van der Waals surface area contributed by atoms with Crippen molar-refractivity contribution in [2.45, 2.75) is 39.7 Å². The lowest BCUT2D eigenvalue weighted by Crippen LogP contribution is -2.47. The predicted molar refractivity (Wildman–Crippen MR) is 108 cm³/mol. The second kappa shape index (κ2) is 9.69. The summed E-state index contributed by atoms with van der Waals surface area (Å²) in [5.74, 6) is -1.52. The molecular weight excluding hydrogens is 356 g/mol. The van der Waals surface area contributed by atoms with Gasteiger partial charge in [-0.2, -0.15) is 0 Å². The van der Waals surface area contributed by atoms with Crippen LogP contribution < -0.4 is 10.6 Å². The molecule has 0 fully saturated rings. The van der Waals surface area contributed by atoms with Gasteiger partial charge in [-0.1, -0.05) is 44.2 Å². The molecule has 0 aliphatic heterocycles. The summed E-state index contributed by atoms with van der Waals surface area (Å²) in [6.45, 7) is 5.60. The van der Waals surface area contributed by atoms with E-state index < -0.39 is 12.0 Å². The van der Waals surface area contributed by atoms with Crippen molar-refractivity contribution in [3.63, 3.8) is 0 Å². The van der Waals surface area contributed by atoms with Crippen molar-refractivity contribution in [1.29, 1.82) is 0 Å². The normalized spacial score (nSPS) is 11.7.